The molecule has 14 heavy (non-hydrogen) atoms. The van der Waals surface area contributed by atoms with Gasteiger partial charge in [-0.2, -0.15) is 0 Å². The largest absolute Gasteiger partial charge is 0.326 e. The summed E-state index contributed by atoms with van der Waals surface area (Å²) in [5, 5.41) is 5.69. The number of nitrogens with two attached hydrogens (primary N) is 1. The first kappa shape index (κ1) is 10.1. The van der Waals surface area contributed by atoms with Crippen molar-refractivity contribution in [2.45, 2.75) is 37.8 Å². The van der Waals surface area contributed by atoms with Gasteiger partial charge in [0.25, 0.3) is 0 Å². The second-order valence-electron chi connectivity index (χ2n) is 3.98. The molecule has 0 radical (unpaired) electrons. The fraction of sp³-hybridized carbons (Fsp3) is 0.636. The second kappa shape index (κ2) is 4.91. The Morgan fingerprint density at radius 1 is 1.50 bits per heavy atom. The zero-order chi connectivity index (χ0) is 9.80. The zero-order valence-electron chi connectivity index (χ0n) is 8.41. The minimum absolute atomic E-state index is 0.387. The Labute approximate surface area is 89.5 Å². The van der Waals surface area contributed by atoms with Gasteiger partial charge in [0.1, 0.15) is 0 Å². The molecule has 1 fully saturated rings. The molecule has 1 aliphatic carbocycles. The maximum atomic E-state index is 5.98. The van der Waals surface area contributed by atoms with Crippen LogP contribution in [-0.4, -0.2) is 18.6 Å². The van der Waals surface area contributed by atoms with E-state index < -0.39 is 0 Å². The molecule has 1 aromatic heterocycles. The molecule has 3 N–H and O–H groups in total. The van der Waals surface area contributed by atoms with Gasteiger partial charge in [0.2, 0.25) is 0 Å². The summed E-state index contributed by atoms with van der Waals surface area (Å²) < 4.78 is 0. The lowest BCUT2D eigenvalue weighted by molar-refractivity contribution is 0.480. The molecule has 1 aliphatic rings. The van der Waals surface area contributed by atoms with Crippen molar-refractivity contribution in [1.29, 1.82) is 0 Å². The van der Waals surface area contributed by atoms with Crippen LogP contribution in [0.2, 0.25) is 0 Å². The van der Waals surface area contributed by atoms with E-state index >= 15 is 0 Å². The predicted octanol–water partition coefficient (Wildman–Crippen LogP) is 1.76. The van der Waals surface area contributed by atoms with E-state index in [1.165, 1.54) is 24.1 Å². The Hall–Kier alpha value is -0.380. The predicted molar refractivity (Wildman–Crippen MR) is 61.6 cm³/mol. The zero-order valence-corrected chi connectivity index (χ0v) is 9.22. The number of rotatable bonds is 4. The monoisotopic (exact) mass is 210 g/mol. The highest BCUT2D eigenvalue weighted by molar-refractivity contribution is 7.09. The lowest BCUT2D eigenvalue weighted by Gasteiger charge is -2.16. The molecule has 2 nitrogen and oxygen atoms in total. The number of hydrogen-bond donors (Lipinski definition) is 2. The minimum atomic E-state index is 0.387. The van der Waals surface area contributed by atoms with Gasteiger partial charge in [-0.3, -0.25) is 0 Å². The Balaban J connectivity index is 1.68. The van der Waals surface area contributed by atoms with Crippen molar-refractivity contribution < 1.29 is 0 Å². The summed E-state index contributed by atoms with van der Waals surface area (Å²) in [5.41, 5.74) is 5.98. The Bertz CT molecular complexity index is 258. The number of thiophene rings is 1. The molecule has 2 atom stereocenters. The SMILES string of the molecule is N[C@@H]1CCC[C@H]1NCCc1cccs1. The minimum Gasteiger partial charge on any atom is -0.326 e. The summed E-state index contributed by atoms with van der Waals surface area (Å²) in [6, 6.07) is 5.26. The maximum Gasteiger partial charge on any atom is 0.0219 e. The molecule has 0 bridgehead atoms. The lowest BCUT2D eigenvalue weighted by Crippen LogP contribution is -2.41. The van der Waals surface area contributed by atoms with Gasteiger partial charge in [-0.25, -0.2) is 0 Å². The summed E-state index contributed by atoms with van der Waals surface area (Å²) >= 11 is 1.83. The van der Waals surface area contributed by atoms with Crippen LogP contribution in [0.1, 0.15) is 24.1 Å². The Kier molecular flexibility index (Phi) is 3.56. The van der Waals surface area contributed by atoms with Crippen LogP contribution in [0.5, 0.6) is 0 Å². The normalized spacial score (nSPS) is 26.9. The van der Waals surface area contributed by atoms with Crippen LogP contribution in [0.3, 0.4) is 0 Å². The first-order chi connectivity index (χ1) is 6.86. The first-order valence-electron chi connectivity index (χ1n) is 5.37. The Morgan fingerprint density at radius 3 is 3.07 bits per heavy atom. The summed E-state index contributed by atoms with van der Waals surface area (Å²) in [7, 11) is 0. The third-order valence-electron chi connectivity index (χ3n) is 2.93. The van der Waals surface area contributed by atoms with Gasteiger partial charge >= 0.3 is 0 Å². The molecule has 0 aromatic carbocycles. The van der Waals surface area contributed by atoms with Crippen molar-refractivity contribution in [2.75, 3.05) is 6.54 Å². The maximum absolute atomic E-state index is 5.98. The average molecular weight is 210 g/mol. The van der Waals surface area contributed by atoms with Gasteiger partial charge in [-0.1, -0.05) is 12.5 Å². The van der Waals surface area contributed by atoms with E-state index in [0.717, 1.165) is 13.0 Å². The summed E-state index contributed by atoms with van der Waals surface area (Å²) in [4.78, 5) is 1.46. The van der Waals surface area contributed by atoms with E-state index in [-0.39, 0.29) is 0 Å². The van der Waals surface area contributed by atoms with Gasteiger partial charge in [0.15, 0.2) is 0 Å². The average Bonchev–Trinajstić information content (AvgIpc) is 2.78. The van der Waals surface area contributed by atoms with E-state index in [1.54, 1.807) is 0 Å². The molecule has 78 valence electrons. The Morgan fingerprint density at radius 2 is 2.43 bits per heavy atom. The van der Waals surface area contributed by atoms with Crippen molar-refractivity contribution in [3.8, 4) is 0 Å². The molecule has 0 amide bonds. The van der Waals surface area contributed by atoms with Gasteiger partial charge in [0.05, 0.1) is 0 Å². The molecule has 0 unspecified atom stereocenters. The molecule has 0 saturated heterocycles. The van der Waals surface area contributed by atoms with E-state index in [9.17, 15) is 0 Å². The molecule has 3 heteroatoms. The van der Waals surface area contributed by atoms with Crippen molar-refractivity contribution in [2.24, 2.45) is 5.73 Å². The molecule has 1 aromatic rings. The van der Waals surface area contributed by atoms with Crippen molar-refractivity contribution in [3.05, 3.63) is 22.4 Å². The standard InChI is InChI=1S/C11H18N2S/c12-10-4-1-5-11(10)13-7-6-9-3-2-8-14-9/h2-3,8,10-11,13H,1,4-7,12H2/t10-,11-/m1/s1. The van der Waals surface area contributed by atoms with Crippen LogP contribution in [0.15, 0.2) is 17.5 Å². The van der Waals surface area contributed by atoms with Gasteiger partial charge < -0.3 is 11.1 Å². The van der Waals surface area contributed by atoms with Crippen LogP contribution in [0.25, 0.3) is 0 Å². The van der Waals surface area contributed by atoms with Crippen LogP contribution in [-0.2, 0) is 6.42 Å². The fourth-order valence-electron chi connectivity index (χ4n) is 2.08. The summed E-state index contributed by atoms with van der Waals surface area (Å²) in [6.45, 7) is 1.07. The molecule has 0 spiro atoms. The highest BCUT2D eigenvalue weighted by Gasteiger charge is 2.22. The van der Waals surface area contributed by atoms with Crippen LogP contribution < -0.4 is 11.1 Å². The highest BCUT2D eigenvalue weighted by atomic mass is 32.1. The van der Waals surface area contributed by atoms with E-state index in [1.807, 2.05) is 11.3 Å². The quantitative estimate of drug-likeness (QED) is 0.794. The molecule has 2 rings (SSSR count). The molecule has 1 heterocycles. The van der Waals surface area contributed by atoms with E-state index in [2.05, 4.69) is 22.8 Å². The molecule has 1 saturated carbocycles. The smallest absolute Gasteiger partial charge is 0.0219 e. The highest BCUT2D eigenvalue weighted by Crippen LogP contribution is 2.17. The fourth-order valence-corrected chi connectivity index (χ4v) is 2.79. The lowest BCUT2D eigenvalue weighted by atomic mass is 10.2. The number of hydrogen-bond acceptors (Lipinski definition) is 3. The summed E-state index contributed by atoms with van der Waals surface area (Å²) in [5.74, 6) is 0. The van der Waals surface area contributed by atoms with E-state index in [0.29, 0.717) is 12.1 Å². The van der Waals surface area contributed by atoms with Crippen molar-refractivity contribution in [1.82, 2.24) is 5.32 Å². The van der Waals surface area contributed by atoms with Gasteiger partial charge in [-0.05, 0) is 30.7 Å². The van der Waals surface area contributed by atoms with Crippen LogP contribution in [0, 0.1) is 0 Å². The third-order valence-corrected chi connectivity index (χ3v) is 3.86. The van der Waals surface area contributed by atoms with Crippen LogP contribution >= 0.6 is 11.3 Å². The van der Waals surface area contributed by atoms with Gasteiger partial charge in [0, 0.05) is 23.5 Å². The van der Waals surface area contributed by atoms with Crippen LogP contribution in [0.4, 0.5) is 0 Å². The van der Waals surface area contributed by atoms with Crippen molar-refractivity contribution in [3.63, 3.8) is 0 Å². The first-order valence-corrected chi connectivity index (χ1v) is 6.25. The summed E-state index contributed by atoms with van der Waals surface area (Å²) in [6.07, 6.45) is 4.88. The molecular weight excluding hydrogens is 192 g/mol. The second-order valence-corrected chi connectivity index (χ2v) is 5.02. The van der Waals surface area contributed by atoms with Gasteiger partial charge in [-0.15, -0.1) is 11.3 Å². The third kappa shape index (κ3) is 2.56. The number of nitrogens with one attached hydrogen (secondary N) is 1. The molecular formula is C11H18N2S. The topological polar surface area (TPSA) is 38.0 Å². The van der Waals surface area contributed by atoms with Crippen molar-refractivity contribution >= 4 is 11.3 Å². The van der Waals surface area contributed by atoms with E-state index in [4.69, 9.17) is 5.73 Å². The molecule has 0 aliphatic heterocycles.